The predicted molar refractivity (Wildman–Crippen MR) is 61.3 cm³/mol. The number of hydrogen-bond donors (Lipinski definition) is 1. The van der Waals surface area contributed by atoms with Crippen LogP contribution in [0.5, 0.6) is 0 Å². The van der Waals surface area contributed by atoms with Gasteiger partial charge in [0.2, 0.25) is 0 Å². The fraction of sp³-hybridized carbons (Fsp3) is 0.364. The molecular formula is C11H14N4O. The largest absolute Gasteiger partial charge is 0.355 e. The average molecular weight is 218 g/mol. The quantitative estimate of drug-likeness (QED) is 0.828. The van der Waals surface area contributed by atoms with Crippen molar-refractivity contribution in [1.29, 1.82) is 0 Å². The van der Waals surface area contributed by atoms with E-state index >= 15 is 0 Å². The first-order valence-electron chi connectivity index (χ1n) is 5.19. The Balaban J connectivity index is 2.66. The van der Waals surface area contributed by atoms with E-state index in [9.17, 15) is 4.79 Å². The number of carbonyl (C=O) groups excluding carboxylic acids is 1. The average Bonchev–Trinajstić information content (AvgIpc) is 2.71. The lowest BCUT2D eigenvalue weighted by atomic mass is 10.2. The highest BCUT2D eigenvalue weighted by Gasteiger charge is 2.13. The molecule has 2 rings (SSSR count). The summed E-state index contributed by atoms with van der Waals surface area (Å²) in [6.07, 6.45) is 3.32. The minimum atomic E-state index is -0.115. The molecule has 0 aliphatic heterocycles. The number of pyridine rings is 1. The lowest BCUT2D eigenvalue weighted by molar-refractivity contribution is 0.0964. The summed E-state index contributed by atoms with van der Waals surface area (Å²) in [5.74, 6) is -0.115. The molecule has 84 valence electrons. The summed E-state index contributed by atoms with van der Waals surface area (Å²) < 4.78 is 1.81. The minimum Gasteiger partial charge on any atom is -0.355 e. The Morgan fingerprint density at radius 1 is 1.50 bits per heavy atom. The van der Waals surface area contributed by atoms with Crippen LogP contribution in [0, 0.1) is 0 Å². The molecule has 2 aromatic rings. The number of rotatable bonds is 2. The number of hydrogen-bond acceptors (Lipinski definition) is 3. The van der Waals surface area contributed by atoms with Crippen molar-refractivity contribution in [1.82, 2.24) is 20.1 Å². The summed E-state index contributed by atoms with van der Waals surface area (Å²) >= 11 is 0. The van der Waals surface area contributed by atoms with E-state index < -0.39 is 0 Å². The molecule has 5 heteroatoms. The van der Waals surface area contributed by atoms with E-state index in [0.717, 1.165) is 11.0 Å². The summed E-state index contributed by atoms with van der Waals surface area (Å²) in [6.45, 7) is 4.06. The smallest absolute Gasteiger partial charge is 0.251 e. The molecule has 0 unspecified atom stereocenters. The van der Waals surface area contributed by atoms with Gasteiger partial charge in [-0.05, 0) is 19.9 Å². The number of carbonyl (C=O) groups is 1. The van der Waals surface area contributed by atoms with Gasteiger partial charge >= 0.3 is 0 Å². The zero-order valence-electron chi connectivity index (χ0n) is 9.56. The summed E-state index contributed by atoms with van der Waals surface area (Å²) in [5.41, 5.74) is 1.36. The Hall–Kier alpha value is -1.91. The van der Waals surface area contributed by atoms with E-state index in [1.165, 1.54) is 0 Å². The van der Waals surface area contributed by atoms with Gasteiger partial charge in [0.25, 0.3) is 5.91 Å². The van der Waals surface area contributed by atoms with Crippen molar-refractivity contribution < 1.29 is 4.79 Å². The van der Waals surface area contributed by atoms with Crippen LogP contribution in [0.25, 0.3) is 11.0 Å². The van der Waals surface area contributed by atoms with Gasteiger partial charge in [0.1, 0.15) is 0 Å². The van der Waals surface area contributed by atoms with Gasteiger partial charge in [-0.2, -0.15) is 5.10 Å². The van der Waals surface area contributed by atoms with Crippen LogP contribution in [0.4, 0.5) is 0 Å². The molecule has 0 spiro atoms. The fourth-order valence-electron chi connectivity index (χ4n) is 1.66. The molecule has 0 atom stereocenters. The molecule has 1 N–H and O–H groups in total. The highest BCUT2D eigenvalue weighted by molar-refractivity contribution is 6.05. The summed E-state index contributed by atoms with van der Waals surface area (Å²) in [6, 6.07) is 1.93. The zero-order valence-corrected chi connectivity index (χ0v) is 9.56. The second-order valence-corrected chi connectivity index (χ2v) is 3.86. The van der Waals surface area contributed by atoms with Gasteiger partial charge in [0.15, 0.2) is 5.65 Å². The molecule has 2 aromatic heterocycles. The molecule has 5 nitrogen and oxygen atoms in total. The van der Waals surface area contributed by atoms with Crippen LogP contribution in [0.3, 0.4) is 0 Å². The molecule has 0 fully saturated rings. The number of fused-ring (bicyclic) bond motifs is 1. The molecule has 0 radical (unpaired) electrons. The summed E-state index contributed by atoms with van der Waals surface area (Å²) in [7, 11) is 1.61. The Morgan fingerprint density at radius 3 is 2.88 bits per heavy atom. The van der Waals surface area contributed by atoms with E-state index in [1.807, 2.05) is 18.5 Å². The van der Waals surface area contributed by atoms with Crippen molar-refractivity contribution in [3.63, 3.8) is 0 Å². The Morgan fingerprint density at radius 2 is 2.25 bits per heavy atom. The summed E-state index contributed by atoms with van der Waals surface area (Å²) in [4.78, 5) is 15.9. The van der Waals surface area contributed by atoms with Crippen molar-refractivity contribution in [3.8, 4) is 0 Å². The third-order valence-corrected chi connectivity index (χ3v) is 2.46. The lowest BCUT2D eigenvalue weighted by Gasteiger charge is -2.06. The number of amides is 1. The molecule has 0 aliphatic carbocycles. The van der Waals surface area contributed by atoms with Crippen LogP contribution in [0.1, 0.15) is 30.2 Å². The van der Waals surface area contributed by atoms with Crippen LogP contribution in [0.15, 0.2) is 18.5 Å². The topological polar surface area (TPSA) is 59.8 Å². The maximum absolute atomic E-state index is 11.6. The van der Waals surface area contributed by atoms with Crippen molar-refractivity contribution in [3.05, 3.63) is 24.0 Å². The van der Waals surface area contributed by atoms with Gasteiger partial charge in [0.05, 0.1) is 17.1 Å². The molecule has 0 bridgehead atoms. The van der Waals surface area contributed by atoms with Crippen LogP contribution < -0.4 is 5.32 Å². The van der Waals surface area contributed by atoms with Crippen molar-refractivity contribution in [2.75, 3.05) is 7.05 Å². The molecule has 16 heavy (non-hydrogen) atoms. The molecule has 1 amide bonds. The molecular weight excluding hydrogens is 204 g/mol. The standard InChI is InChI=1S/C11H14N4O/c1-7(2)15-10-9(6-14-15)8(4-5-13-10)11(16)12-3/h4-7H,1-3H3,(H,12,16). The van der Waals surface area contributed by atoms with Crippen molar-refractivity contribution in [2.24, 2.45) is 0 Å². The highest BCUT2D eigenvalue weighted by atomic mass is 16.1. The van der Waals surface area contributed by atoms with Crippen LogP contribution >= 0.6 is 0 Å². The summed E-state index contributed by atoms with van der Waals surface area (Å²) in [5, 5.41) is 7.64. The van der Waals surface area contributed by atoms with Gasteiger partial charge in [-0.25, -0.2) is 9.67 Å². The number of nitrogens with zero attached hydrogens (tertiary/aromatic N) is 3. The Bertz CT molecular complexity index is 530. The monoisotopic (exact) mass is 218 g/mol. The first kappa shape index (κ1) is 10.6. The van der Waals surface area contributed by atoms with E-state index in [2.05, 4.69) is 15.4 Å². The van der Waals surface area contributed by atoms with E-state index in [4.69, 9.17) is 0 Å². The maximum Gasteiger partial charge on any atom is 0.251 e. The SMILES string of the molecule is CNC(=O)c1ccnc2c1cnn2C(C)C. The Labute approximate surface area is 93.5 Å². The van der Waals surface area contributed by atoms with Gasteiger partial charge in [0, 0.05) is 19.3 Å². The van der Waals surface area contributed by atoms with Gasteiger partial charge in [-0.3, -0.25) is 4.79 Å². The molecule has 0 aromatic carbocycles. The normalized spacial score (nSPS) is 11.0. The first-order valence-corrected chi connectivity index (χ1v) is 5.19. The molecule has 0 aliphatic rings. The molecule has 0 saturated carbocycles. The highest BCUT2D eigenvalue weighted by Crippen LogP contribution is 2.18. The van der Waals surface area contributed by atoms with Gasteiger partial charge in [-0.15, -0.1) is 0 Å². The second kappa shape index (κ2) is 3.92. The third kappa shape index (κ3) is 1.54. The van der Waals surface area contributed by atoms with E-state index in [1.54, 1.807) is 25.5 Å². The molecule has 0 saturated heterocycles. The van der Waals surface area contributed by atoms with E-state index in [-0.39, 0.29) is 11.9 Å². The van der Waals surface area contributed by atoms with Crippen LogP contribution in [-0.2, 0) is 0 Å². The van der Waals surface area contributed by atoms with Gasteiger partial charge < -0.3 is 5.32 Å². The van der Waals surface area contributed by atoms with Gasteiger partial charge in [-0.1, -0.05) is 0 Å². The third-order valence-electron chi connectivity index (χ3n) is 2.46. The van der Waals surface area contributed by atoms with Crippen LogP contribution in [0.2, 0.25) is 0 Å². The lowest BCUT2D eigenvalue weighted by Crippen LogP contribution is -2.18. The molecule has 2 heterocycles. The van der Waals surface area contributed by atoms with Crippen LogP contribution in [-0.4, -0.2) is 27.7 Å². The number of aromatic nitrogens is 3. The zero-order chi connectivity index (χ0) is 11.7. The van der Waals surface area contributed by atoms with Crippen molar-refractivity contribution in [2.45, 2.75) is 19.9 Å². The van der Waals surface area contributed by atoms with Crippen molar-refractivity contribution >= 4 is 16.9 Å². The fourth-order valence-corrected chi connectivity index (χ4v) is 1.66. The predicted octanol–water partition coefficient (Wildman–Crippen LogP) is 1.37. The van der Waals surface area contributed by atoms with E-state index in [0.29, 0.717) is 5.56 Å². The Kier molecular flexibility index (Phi) is 2.60. The first-order chi connectivity index (χ1) is 7.65. The maximum atomic E-state index is 11.6. The second-order valence-electron chi connectivity index (χ2n) is 3.86. The number of nitrogens with one attached hydrogen (secondary N) is 1. The minimum absolute atomic E-state index is 0.115.